The molecule has 2 aromatic carbocycles. The number of fused-ring (bicyclic) bond motifs is 1. The lowest BCUT2D eigenvalue weighted by molar-refractivity contribution is -0.143. The van der Waals surface area contributed by atoms with Crippen LogP contribution in [0.25, 0.3) is 10.2 Å². The van der Waals surface area contributed by atoms with Gasteiger partial charge in [0.2, 0.25) is 0 Å². The molecular weight excluding hydrogens is 536 g/mol. The predicted molar refractivity (Wildman–Crippen MR) is 131 cm³/mol. The number of hydrogen-bond acceptors (Lipinski definition) is 6. The van der Waals surface area contributed by atoms with Crippen molar-refractivity contribution in [2.45, 2.75) is 25.7 Å². The Bertz CT molecular complexity index is 1240. The lowest BCUT2D eigenvalue weighted by Crippen LogP contribution is -2.39. The Balaban J connectivity index is 1.70. The number of alkyl halides is 6. The highest BCUT2D eigenvalue weighted by atomic mass is 32.1. The third-order valence-electron chi connectivity index (χ3n) is 5.93. The molecule has 1 amide bonds. The van der Waals surface area contributed by atoms with Crippen molar-refractivity contribution < 1.29 is 40.6 Å². The minimum absolute atomic E-state index is 0.00644. The number of nitrogens with zero attached hydrogens (tertiary/aromatic N) is 3. The van der Waals surface area contributed by atoms with Crippen LogP contribution in [0.4, 0.5) is 31.5 Å². The summed E-state index contributed by atoms with van der Waals surface area (Å²) < 4.78 is 92.1. The van der Waals surface area contributed by atoms with Crippen LogP contribution in [-0.4, -0.2) is 61.8 Å². The van der Waals surface area contributed by atoms with Gasteiger partial charge in [-0.2, -0.15) is 26.3 Å². The van der Waals surface area contributed by atoms with Crippen molar-refractivity contribution in [3.05, 3.63) is 53.1 Å². The van der Waals surface area contributed by atoms with Crippen molar-refractivity contribution in [3.63, 3.8) is 0 Å². The van der Waals surface area contributed by atoms with Crippen LogP contribution in [0.15, 0.2) is 36.4 Å². The number of rotatable bonds is 8. The molecule has 1 aliphatic rings. The zero-order valence-electron chi connectivity index (χ0n) is 20.4. The lowest BCUT2D eigenvalue weighted by atomic mass is 10.0. The number of ether oxygens (including phenoxy) is 2. The quantitative estimate of drug-likeness (QED) is 0.311. The summed E-state index contributed by atoms with van der Waals surface area (Å²) in [5.41, 5.74) is -3.28. The van der Waals surface area contributed by atoms with Gasteiger partial charge in [-0.1, -0.05) is 11.3 Å². The van der Waals surface area contributed by atoms with Gasteiger partial charge in [-0.25, -0.2) is 4.98 Å². The summed E-state index contributed by atoms with van der Waals surface area (Å²) in [6, 6.07) is 6.01. The van der Waals surface area contributed by atoms with Crippen LogP contribution >= 0.6 is 11.3 Å². The number of thiazole rings is 1. The standard InChI is InChI=1S/C25H25F6N3O3S/c1-2-37-19-4-5-20-21(15-19)38-23(32-20)34(7-3-6-33-8-10-36-11-9-33)22(35)16-12-17(24(26,27)28)14-18(13-16)25(29,30)31/h4-5,12-15H,2-3,6-11H2,1H3. The van der Waals surface area contributed by atoms with Crippen molar-refractivity contribution in [3.8, 4) is 5.75 Å². The highest BCUT2D eigenvalue weighted by Crippen LogP contribution is 2.38. The van der Waals surface area contributed by atoms with Crippen LogP contribution < -0.4 is 9.64 Å². The molecular formula is C25H25F6N3O3S. The molecule has 0 aliphatic carbocycles. The van der Waals surface area contributed by atoms with Crippen molar-refractivity contribution in [1.82, 2.24) is 9.88 Å². The average molecular weight is 562 g/mol. The Labute approximate surface area is 218 Å². The molecule has 206 valence electrons. The Morgan fingerprint density at radius 2 is 1.71 bits per heavy atom. The molecule has 13 heteroatoms. The first-order valence-corrected chi connectivity index (χ1v) is 12.7. The molecule has 0 N–H and O–H groups in total. The highest BCUT2D eigenvalue weighted by molar-refractivity contribution is 7.22. The second kappa shape index (κ2) is 11.5. The smallest absolute Gasteiger partial charge is 0.416 e. The number of halogens is 6. The van der Waals surface area contributed by atoms with Crippen LogP contribution in [0.5, 0.6) is 5.75 Å². The van der Waals surface area contributed by atoms with Crippen LogP contribution in [0.1, 0.15) is 34.8 Å². The van der Waals surface area contributed by atoms with Crippen molar-refractivity contribution in [1.29, 1.82) is 0 Å². The number of morpholine rings is 1. The number of anilines is 1. The molecule has 0 unspecified atom stereocenters. The number of benzene rings is 2. The van der Waals surface area contributed by atoms with Gasteiger partial charge in [0.1, 0.15) is 5.75 Å². The fourth-order valence-electron chi connectivity index (χ4n) is 4.06. The third kappa shape index (κ3) is 6.75. The first-order chi connectivity index (χ1) is 18.0. The van der Waals surface area contributed by atoms with Crippen molar-refractivity contribution in [2.75, 3.05) is 50.9 Å². The zero-order chi connectivity index (χ0) is 27.5. The van der Waals surface area contributed by atoms with E-state index in [1.165, 1.54) is 0 Å². The summed E-state index contributed by atoms with van der Waals surface area (Å²) in [5.74, 6) is -0.416. The van der Waals surface area contributed by atoms with Crippen LogP contribution in [-0.2, 0) is 17.1 Å². The highest BCUT2D eigenvalue weighted by Gasteiger charge is 2.38. The second-order valence-electron chi connectivity index (χ2n) is 8.62. The Morgan fingerprint density at radius 3 is 2.32 bits per heavy atom. The van der Waals surface area contributed by atoms with E-state index in [2.05, 4.69) is 9.88 Å². The number of aromatic nitrogens is 1. The van der Waals surface area contributed by atoms with E-state index in [0.29, 0.717) is 74.0 Å². The minimum atomic E-state index is -5.07. The van der Waals surface area contributed by atoms with E-state index in [1.807, 2.05) is 6.92 Å². The van der Waals surface area contributed by atoms with Gasteiger partial charge in [-0.05, 0) is 49.7 Å². The fourth-order valence-corrected chi connectivity index (χ4v) is 5.08. The number of carbonyl (C=O) groups excluding carboxylic acids is 1. The lowest BCUT2D eigenvalue weighted by Gasteiger charge is -2.28. The molecule has 0 spiro atoms. The molecule has 38 heavy (non-hydrogen) atoms. The topological polar surface area (TPSA) is 54.9 Å². The van der Waals surface area contributed by atoms with E-state index in [0.717, 1.165) is 16.2 Å². The van der Waals surface area contributed by atoms with E-state index in [9.17, 15) is 31.1 Å². The zero-order valence-corrected chi connectivity index (χ0v) is 21.2. The molecule has 1 aromatic heterocycles. The van der Waals surface area contributed by atoms with E-state index in [-0.39, 0.29) is 17.7 Å². The number of carbonyl (C=O) groups is 1. The molecule has 0 saturated carbocycles. The van der Waals surface area contributed by atoms with Crippen LogP contribution in [0.3, 0.4) is 0 Å². The summed E-state index contributed by atoms with van der Waals surface area (Å²) >= 11 is 1.11. The Kier molecular flexibility index (Phi) is 8.48. The largest absolute Gasteiger partial charge is 0.494 e. The van der Waals surface area contributed by atoms with Gasteiger partial charge in [-0.3, -0.25) is 14.6 Å². The maximum absolute atomic E-state index is 13.5. The first kappa shape index (κ1) is 28.1. The monoisotopic (exact) mass is 561 g/mol. The van der Waals surface area contributed by atoms with Gasteiger partial charge in [0.25, 0.3) is 5.91 Å². The second-order valence-corrected chi connectivity index (χ2v) is 9.63. The maximum Gasteiger partial charge on any atom is 0.416 e. The minimum Gasteiger partial charge on any atom is -0.494 e. The van der Waals surface area contributed by atoms with Crippen LogP contribution in [0, 0.1) is 0 Å². The molecule has 4 rings (SSSR count). The van der Waals surface area contributed by atoms with E-state index in [1.54, 1.807) is 18.2 Å². The van der Waals surface area contributed by atoms with Gasteiger partial charge >= 0.3 is 12.4 Å². The first-order valence-electron chi connectivity index (χ1n) is 11.9. The molecule has 0 atom stereocenters. The SMILES string of the molecule is CCOc1ccc2nc(N(CCCN3CCOCC3)C(=O)c3cc(C(F)(F)F)cc(C(F)(F)F)c3)sc2c1. The van der Waals surface area contributed by atoms with E-state index in [4.69, 9.17) is 9.47 Å². The molecule has 3 aromatic rings. The summed E-state index contributed by atoms with van der Waals surface area (Å²) in [6.45, 7) is 5.38. The third-order valence-corrected chi connectivity index (χ3v) is 6.97. The Morgan fingerprint density at radius 1 is 1.05 bits per heavy atom. The van der Waals surface area contributed by atoms with Gasteiger partial charge < -0.3 is 9.47 Å². The van der Waals surface area contributed by atoms with Gasteiger partial charge in [-0.15, -0.1) is 0 Å². The summed E-state index contributed by atoms with van der Waals surface area (Å²) in [4.78, 5) is 21.3. The fraction of sp³-hybridized carbons (Fsp3) is 0.440. The number of amides is 1. The van der Waals surface area contributed by atoms with Crippen LogP contribution in [0.2, 0.25) is 0 Å². The molecule has 2 heterocycles. The molecule has 6 nitrogen and oxygen atoms in total. The normalized spacial score (nSPS) is 15.1. The maximum atomic E-state index is 13.5. The predicted octanol–water partition coefficient (Wildman–Crippen LogP) is 6.10. The Hall–Kier alpha value is -2.90. The van der Waals surface area contributed by atoms with Gasteiger partial charge in [0, 0.05) is 31.7 Å². The van der Waals surface area contributed by atoms with Gasteiger partial charge in [0.15, 0.2) is 5.13 Å². The number of hydrogen-bond donors (Lipinski definition) is 0. The molecule has 1 fully saturated rings. The summed E-state index contributed by atoms with van der Waals surface area (Å²) in [5, 5.41) is 0.173. The molecule has 1 saturated heterocycles. The molecule has 0 bridgehead atoms. The average Bonchev–Trinajstić information content (AvgIpc) is 3.29. The molecule has 0 radical (unpaired) electrons. The van der Waals surface area contributed by atoms with E-state index < -0.39 is 35.0 Å². The summed E-state index contributed by atoms with van der Waals surface area (Å²) in [7, 11) is 0. The molecule has 1 aliphatic heterocycles. The van der Waals surface area contributed by atoms with Crippen molar-refractivity contribution in [2.24, 2.45) is 0 Å². The summed E-state index contributed by atoms with van der Waals surface area (Å²) in [6.07, 6.45) is -9.71. The van der Waals surface area contributed by atoms with Gasteiger partial charge in [0.05, 0.1) is 41.2 Å². The van der Waals surface area contributed by atoms with Crippen molar-refractivity contribution >= 4 is 32.6 Å². The van der Waals surface area contributed by atoms with E-state index >= 15 is 0 Å².